The molecule has 0 bridgehead atoms. The van der Waals surface area contributed by atoms with E-state index < -0.39 is 5.97 Å². The van der Waals surface area contributed by atoms with Crippen LogP contribution in [-0.2, 0) is 11.3 Å². The van der Waals surface area contributed by atoms with Crippen LogP contribution < -0.4 is 5.32 Å². The van der Waals surface area contributed by atoms with Crippen molar-refractivity contribution < 1.29 is 14.7 Å². The van der Waals surface area contributed by atoms with Gasteiger partial charge in [-0.15, -0.1) is 0 Å². The predicted octanol–water partition coefficient (Wildman–Crippen LogP) is 2.53. The van der Waals surface area contributed by atoms with Crippen molar-refractivity contribution in [2.24, 2.45) is 0 Å². The summed E-state index contributed by atoms with van der Waals surface area (Å²) >= 11 is 1.41. The number of aromatic nitrogens is 3. The highest BCUT2D eigenvalue weighted by Gasteiger charge is 2.12. The molecule has 118 valence electrons. The summed E-state index contributed by atoms with van der Waals surface area (Å²) < 4.78 is 2.45. The number of benzene rings is 1. The highest BCUT2D eigenvalue weighted by Crippen LogP contribution is 2.26. The standard InChI is InChI=1S/C15H14N4O3S/c1-9-2-3-11-12(6-9)23-15(17-11)18-14(22)10-7-16-19(8-10)5-4-13(20)21/h2-3,6-8H,4-5H2,1H3,(H,20,21)(H,17,18,22). The number of aryl methyl sites for hydroxylation is 2. The lowest BCUT2D eigenvalue weighted by atomic mass is 10.2. The minimum atomic E-state index is -0.906. The van der Waals surface area contributed by atoms with E-state index >= 15 is 0 Å². The molecule has 0 aliphatic heterocycles. The van der Waals surface area contributed by atoms with Crippen LogP contribution >= 0.6 is 11.3 Å². The summed E-state index contributed by atoms with van der Waals surface area (Å²) in [5.74, 6) is -1.22. The van der Waals surface area contributed by atoms with Crippen molar-refractivity contribution in [3.05, 3.63) is 41.7 Å². The number of carbonyl (C=O) groups is 2. The number of fused-ring (bicyclic) bond motifs is 1. The number of anilines is 1. The summed E-state index contributed by atoms with van der Waals surface area (Å²) in [7, 11) is 0. The maximum atomic E-state index is 12.2. The largest absolute Gasteiger partial charge is 0.481 e. The number of carboxylic acid groups (broad SMARTS) is 1. The molecule has 0 atom stereocenters. The summed E-state index contributed by atoms with van der Waals surface area (Å²) in [6.45, 7) is 2.23. The van der Waals surface area contributed by atoms with E-state index in [1.807, 2.05) is 25.1 Å². The Balaban J connectivity index is 1.71. The number of nitrogens with zero attached hydrogens (tertiary/aromatic N) is 3. The second kappa shape index (κ2) is 6.17. The number of hydrogen-bond acceptors (Lipinski definition) is 5. The van der Waals surface area contributed by atoms with Crippen LogP contribution in [-0.4, -0.2) is 31.7 Å². The van der Waals surface area contributed by atoms with Gasteiger partial charge in [0.05, 0.1) is 34.9 Å². The molecular formula is C15H14N4O3S. The van der Waals surface area contributed by atoms with Gasteiger partial charge in [0.1, 0.15) is 0 Å². The van der Waals surface area contributed by atoms with Crippen LogP contribution in [0.5, 0.6) is 0 Å². The molecule has 2 N–H and O–H groups in total. The first-order valence-electron chi connectivity index (χ1n) is 6.94. The third kappa shape index (κ3) is 3.54. The van der Waals surface area contributed by atoms with E-state index in [2.05, 4.69) is 15.4 Å². The Bertz CT molecular complexity index is 884. The molecule has 3 aromatic rings. The quantitative estimate of drug-likeness (QED) is 0.749. The van der Waals surface area contributed by atoms with Gasteiger partial charge in [0, 0.05) is 6.20 Å². The fraction of sp³-hybridized carbons (Fsp3) is 0.200. The van der Waals surface area contributed by atoms with Crippen molar-refractivity contribution in [1.82, 2.24) is 14.8 Å². The van der Waals surface area contributed by atoms with E-state index in [0.717, 1.165) is 15.8 Å². The molecule has 0 saturated heterocycles. The SMILES string of the molecule is Cc1ccc2nc(NC(=O)c3cnn(CCC(=O)O)c3)sc2c1. The smallest absolute Gasteiger partial charge is 0.305 e. The maximum Gasteiger partial charge on any atom is 0.305 e. The van der Waals surface area contributed by atoms with Gasteiger partial charge in [-0.1, -0.05) is 17.4 Å². The van der Waals surface area contributed by atoms with Crippen molar-refractivity contribution in [2.45, 2.75) is 19.9 Å². The molecule has 0 fully saturated rings. The number of rotatable bonds is 5. The molecular weight excluding hydrogens is 316 g/mol. The van der Waals surface area contributed by atoms with E-state index in [0.29, 0.717) is 10.7 Å². The number of aliphatic carboxylic acids is 1. The Hall–Kier alpha value is -2.74. The van der Waals surface area contributed by atoms with Crippen LogP contribution in [0.15, 0.2) is 30.6 Å². The summed E-state index contributed by atoms with van der Waals surface area (Å²) in [6, 6.07) is 5.91. The summed E-state index contributed by atoms with van der Waals surface area (Å²) in [5.41, 5.74) is 2.35. The maximum absolute atomic E-state index is 12.2. The molecule has 0 radical (unpaired) electrons. The minimum absolute atomic E-state index is 0.0417. The highest BCUT2D eigenvalue weighted by molar-refractivity contribution is 7.22. The van der Waals surface area contributed by atoms with Crippen molar-refractivity contribution in [3.8, 4) is 0 Å². The van der Waals surface area contributed by atoms with Crippen LogP contribution in [0.4, 0.5) is 5.13 Å². The third-order valence-electron chi connectivity index (χ3n) is 3.21. The van der Waals surface area contributed by atoms with Gasteiger partial charge in [0.25, 0.3) is 5.91 Å². The van der Waals surface area contributed by atoms with Gasteiger partial charge in [-0.25, -0.2) is 4.98 Å². The van der Waals surface area contributed by atoms with Crippen LogP contribution in [0.1, 0.15) is 22.3 Å². The Kier molecular flexibility index (Phi) is 4.07. The van der Waals surface area contributed by atoms with Gasteiger partial charge in [-0.2, -0.15) is 5.10 Å². The number of carbonyl (C=O) groups excluding carboxylic acids is 1. The van der Waals surface area contributed by atoms with E-state index in [1.54, 1.807) is 0 Å². The van der Waals surface area contributed by atoms with Gasteiger partial charge in [0.2, 0.25) is 0 Å². The fourth-order valence-electron chi connectivity index (χ4n) is 2.07. The zero-order chi connectivity index (χ0) is 16.4. The number of nitrogens with one attached hydrogen (secondary N) is 1. The first-order chi connectivity index (χ1) is 11.0. The normalized spacial score (nSPS) is 10.8. The average molecular weight is 330 g/mol. The molecule has 2 heterocycles. The van der Waals surface area contributed by atoms with Gasteiger partial charge in [-0.05, 0) is 24.6 Å². The molecule has 1 aromatic carbocycles. The van der Waals surface area contributed by atoms with E-state index in [9.17, 15) is 9.59 Å². The highest BCUT2D eigenvalue weighted by atomic mass is 32.1. The molecule has 0 saturated carbocycles. The molecule has 0 unspecified atom stereocenters. The second-order valence-electron chi connectivity index (χ2n) is 5.08. The zero-order valence-electron chi connectivity index (χ0n) is 12.3. The van der Waals surface area contributed by atoms with Gasteiger partial charge in [-0.3, -0.25) is 19.6 Å². The molecule has 0 spiro atoms. The second-order valence-corrected chi connectivity index (χ2v) is 6.11. The van der Waals surface area contributed by atoms with Crippen LogP contribution in [0.3, 0.4) is 0 Å². The van der Waals surface area contributed by atoms with Crippen molar-refractivity contribution in [1.29, 1.82) is 0 Å². The molecule has 0 aliphatic rings. The molecule has 8 heteroatoms. The number of thiazole rings is 1. The van der Waals surface area contributed by atoms with Crippen molar-refractivity contribution in [3.63, 3.8) is 0 Å². The first kappa shape index (κ1) is 15.2. The van der Waals surface area contributed by atoms with E-state index in [-0.39, 0.29) is 18.9 Å². The molecule has 1 amide bonds. The Labute approximate surface area is 135 Å². The lowest BCUT2D eigenvalue weighted by Gasteiger charge is -1.98. The average Bonchev–Trinajstić information content (AvgIpc) is 3.10. The summed E-state index contributed by atoms with van der Waals surface area (Å²) in [5, 5.41) is 15.9. The Morgan fingerprint density at radius 3 is 3.00 bits per heavy atom. The van der Waals surface area contributed by atoms with Crippen LogP contribution in [0, 0.1) is 6.92 Å². The van der Waals surface area contributed by atoms with Crippen LogP contribution in [0.25, 0.3) is 10.2 Å². The molecule has 23 heavy (non-hydrogen) atoms. The Morgan fingerprint density at radius 2 is 2.22 bits per heavy atom. The fourth-order valence-corrected chi connectivity index (χ4v) is 3.03. The Morgan fingerprint density at radius 1 is 1.39 bits per heavy atom. The van der Waals surface area contributed by atoms with Gasteiger partial charge >= 0.3 is 5.97 Å². The lowest BCUT2D eigenvalue weighted by molar-refractivity contribution is -0.137. The number of amides is 1. The molecule has 2 aromatic heterocycles. The summed E-state index contributed by atoms with van der Waals surface area (Å²) in [6.07, 6.45) is 2.89. The number of hydrogen-bond donors (Lipinski definition) is 2. The monoisotopic (exact) mass is 330 g/mol. The summed E-state index contributed by atoms with van der Waals surface area (Å²) in [4.78, 5) is 27.1. The van der Waals surface area contributed by atoms with Crippen molar-refractivity contribution in [2.75, 3.05) is 5.32 Å². The first-order valence-corrected chi connectivity index (χ1v) is 7.76. The molecule has 7 nitrogen and oxygen atoms in total. The topological polar surface area (TPSA) is 97.1 Å². The molecule has 0 aliphatic carbocycles. The predicted molar refractivity (Wildman–Crippen MR) is 86.8 cm³/mol. The van der Waals surface area contributed by atoms with Gasteiger partial charge in [0.15, 0.2) is 5.13 Å². The third-order valence-corrected chi connectivity index (χ3v) is 4.15. The molecule has 3 rings (SSSR count). The number of carboxylic acids is 1. The van der Waals surface area contributed by atoms with E-state index in [4.69, 9.17) is 5.11 Å². The van der Waals surface area contributed by atoms with E-state index in [1.165, 1.54) is 28.4 Å². The van der Waals surface area contributed by atoms with Gasteiger partial charge < -0.3 is 5.11 Å². The van der Waals surface area contributed by atoms with Crippen LogP contribution in [0.2, 0.25) is 0 Å². The lowest BCUT2D eigenvalue weighted by Crippen LogP contribution is -2.11. The minimum Gasteiger partial charge on any atom is -0.481 e. The van der Waals surface area contributed by atoms with Crippen molar-refractivity contribution >= 4 is 38.6 Å². The zero-order valence-corrected chi connectivity index (χ0v) is 13.1.